The number of halogens is 2. The quantitative estimate of drug-likeness (QED) is 0.886. The molecule has 1 aromatic carbocycles. The number of amides is 1. The van der Waals surface area contributed by atoms with E-state index in [1.165, 1.54) is 12.1 Å². The van der Waals surface area contributed by atoms with Gasteiger partial charge >= 0.3 is 0 Å². The third-order valence-corrected chi connectivity index (χ3v) is 5.06. The van der Waals surface area contributed by atoms with Crippen LogP contribution in [-0.4, -0.2) is 39.7 Å². The van der Waals surface area contributed by atoms with Crippen LogP contribution < -0.4 is 5.73 Å². The third kappa shape index (κ3) is 4.07. The minimum Gasteiger partial charge on any atom is -0.338 e. The fourth-order valence-corrected chi connectivity index (χ4v) is 3.59. The summed E-state index contributed by atoms with van der Waals surface area (Å²) in [5.74, 6) is -0.168. The Morgan fingerprint density at radius 1 is 1.27 bits per heavy atom. The second kappa shape index (κ2) is 8.64. The van der Waals surface area contributed by atoms with Crippen molar-refractivity contribution in [1.29, 1.82) is 0 Å². The predicted octanol–water partition coefficient (Wildman–Crippen LogP) is 2.93. The summed E-state index contributed by atoms with van der Waals surface area (Å²) >= 11 is 0. The van der Waals surface area contributed by atoms with E-state index >= 15 is 0 Å². The van der Waals surface area contributed by atoms with Crippen molar-refractivity contribution < 1.29 is 9.18 Å². The number of nitrogens with zero attached hydrogens (tertiary/aromatic N) is 3. The summed E-state index contributed by atoms with van der Waals surface area (Å²) in [5.41, 5.74) is 9.31. The first-order valence-electron chi connectivity index (χ1n) is 8.82. The number of carbonyl (C=O) groups excluding carboxylic acids is 1. The summed E-state index contributed by atoms with van der Waals surface area (Å²) < 4.78 is 14.9. The zero-order valence-electron chi connectivity index (χ0n) is 15.2. The van der Waals surface area contributed by atoms with Gasteiger partial charge in [0.15, 0.2) is 0 Å². The molecule has 2 heterocycles. The molecule has 0 aliphatic carbocycles. The summed E-state index contributed by atoms with van der Waals surface area (Å²) in [7, 11) is 0. The molecule has 0 radical (unpaired) electrons. The van der Waals surface area contributed by atoms with Crippen LogP contribution in [0.5, 0.6) is 0 Å². The molecule has 2 aromatic rings. The molecule has 3 rings (SSSR count). The van der Waals surface area contributed by atoms with E-state index in [4.69, 9.17) is 5.73 Å². The van der Waals surface area contributed by atoms with Gasteiger partial charge in [0.1, 0.15) is 5.82 Å². The number of carbonyl (C=O) groups is 1. The van der Waals surface area contributed by atoms with E-state index in [1.807, 2.05) is 18.7 Å². The van der Waals surface area contributed by atoms with Crippen molar-refractivity contribution in [2.75, 3.05) is 13.1 Å². The van der Waals surface area contributed by atoms with Gasteiger partial charge in [0, 0.05) is 30.4 Å². The summed E-state index contributed by atoms with van der Waals surface area (Å²) in [4.78, 5) is 14.7. The van der Waals surface area contributed by atoms with Gasteiger partial charge in [-0.1, -0.05) is 0 Å². The number of hydrogen-bond acceptors (Lipinski definition) is 3. The number of benzene rings is 1. The number of aromatic nitrogens is 2. The van der Waals surface area contributed by atoms with Crippen LogP contribution in [0.4, 0.5) is 4.39 Å². The molecule has 1 aliphatic heterocycles. The Kier molecular flexibility index (Phi) is 6.78. The van der Waals surface area contributed by atoms with Crippen LogP contribution in [0.3, 0.4) is 0 Å². The Hall–Kier alpha value is -1.92. The maximum Gasteiger partial charge on any atom is 0.227 e. The van der Waals surface area contributed by atoms with Crippen LogP contribution in [0, 0.1) is 19.7 Å². The number of rotatable bonds is 4. The Balaban J connectivity index is 0.00000243. The number of piperidine rings is 1. The van der Waals surface area contributed by atoms with E-state index in [0.717, 1.165) is 48.4 Å². The molecule has 2 N–H and O–H groups in total. The molecule has 26 heavy (non-hydrogen) atoms. The Labute approximate surface area is 159 Å². The smallest absolute Gasteiger partial charge is 0.227 e. The van der Waals surface area contributed by atoms with Crippen LogP contribution in [0.25, 0.3) is 5.69 Å². The van der Waals surface area contributed by atoms with Crippen molar-refractivity contribution in [3.63, 3.8) is 0 Å². The van der Waals surface area contributed by atoms with Crippen molar-refractivity contribution >= 4 is 18.3 Å². The number of nitrogens with two attached hydrogens (primary N) is 1. The van der Waals surface area contributed by atoms with Crippen molar-refractivity contribution in [1.82, 2.24) is 14.7 Å². The standard InChI is InChI=1S/C19H25FN4O.ClH/c1-13-18(11-19(25)23-10-4-3-5-17(23)12-21)14(2)24(22-13)16-8-6-15(20)7-9-16;/h6-9,17H,3-5,10-12,21H2,1-2H3;1H. The lowest BCUT2D eigenvalue weighted by atomic mass is 10.0. The van der Waals surface area contributed by atoms with E-state index < -0.39 is 0 Å². The molecule has 142 valence electrons. The molecular formula is C19H26ClFN4O. The Morgan fingerprint density at radius 3 is 2.62 bits per heavy atom. The number of likely N-dealkylation sites (tertiary alicyclic amines) is 1. The highest BCUT2D eigenvalue weighted by Crippen LogP contribution is 2.22. The lowest BCUT2D eigenvalue weighted by molar-refractivity contribution is -0.133. The van der Waals surface area contributed by atoms with E-state index in [9.17, 15) is 9.18 Å². The zero-order chi connectivity index (χ0) is 18.0. The first-order chi connectivity index (χ1) is 12.0. The highest BCUT2D eigenvalue weighted by Gasteiger charge is 2.27. The van der Waals surface area contributed by atoms with Gasteiger partial charge in [-0.25, -0.2) is 9.07 Å². The lowest BCUT2D eigenvalue weighted by Gasteiger charge is -2.35. The molecule has 1 fully saturated rings. The summed E-state index contributed by atoms with van der Waals surface area (Å²) in [6.07, 6.45) is 3.48. The van der Waals surface area contributed by atoms with Gasteiger partial charge in [-0.2, -0.15) is 5.10 Å². The lowest BCUT2D eigenvalue weighted by Crippen LogP contribution is -2.48. The van der Waals surface area contributed by atoms with E-state index in [2.05, 4.69) is 5.10 Å². The molecule has 1 saturated heterocycles. The molecule has 1 amide bonds. The van der Waals surface area contributed by atoms with Crippen molar-refractivity contribution in [2.45, 2.75) is 45.6 Å². The summed E-state index contributed by atoms with van der Waals surface area (Å²) in [6, 6.07) is 6.35. The van der Waals surface area contributed by atoms with E-state index in [-0.39, 0.29) is 30.2 Å². The van der Waals surface area contributed by atoms with Crippen molar-refractivity contribution in [3.05, 3.63) is 47.0 Å². The van der Waals surface area contributed by atoms with Gasteiger partial charge in [0.05, 0.1) is 17.8 Å². The Morgan fingerprint density at radius 2 is 1.96 bits per heavy atom. The number of aryl methyl sites for hydroxylation is 1. The van der Waals surface area contributed by atoms with Crippen molar-refractivity contribution in [3.8, 4) is 5.69 Å². The SMILES string of the molecule is Cc1nn(-c2ccc(F)cc2)c(C)c1CC(=O)N1CCCCC1CN.Cl. The molecular weight excluding hydrogens is 355 g/mol. The van der Waals surface area contributed by atoms with Gasteiger partial charge in [-0.3, -0.25) is 4.79 Å². The summed E-state index contributed by atoms with van der Waals surface area (Å²) in [6.45, 7) is 5.15. The maximum absolute atomic E-state index is 13.1. The normalized spacial score (nSPS) is 17.1. The second-order valence-corrected chi connectivity index (χ2v) is 6.69. The van der Waals surface area contributed by atoms with Gasteiger partial charge in [0.2, 0.25) is 5.91 Å². The van der Waals surface area contributed by atoms with Crippen LogP contribution in [0.1, 0.15) is 36.2 Å². The molecule has 5 nitrogen and oxygen atoms in total. The largest absolute Gasteiger partial charge is 0.338 e. The minimum absolute atomic E-state index is 0. The molecule has 0 saturated carbocycles. The topological polar surface area (TPSA) is 64.2 Å². The van der Waals surface area contributed by atoms with Crippen LogP contribution in [0.2, 0.25) is 0 Å². The third-order valence-electron chi connectivity index (χ3n) is 5.06. The fourth-order valence-electron chi connectivity index (χ4n) is 3.59. The van der Waals surface area contributed by atoms with Gasteiger partial charge in [-0.15, -0.1) is 12.4 Å². The van der Waals surface area contributed by atoms with E-state index in [0.29, 0.717) is 13.0 Å². The van der Waals surface area contributed by atoms with Gasteiger partial charge in [-0.05, 0) is 57.4 Å². The van der Waals surface area contributed by atoms with E-state index in [1.54, 1.807) is 16.8 Å². The predicted molar refractivity (Wildman–Crippen MR) is 102 cm³/mol. The molecule has 0 bridgehead atoms. The van der Waals surface area contributed by atoms with Crippen molar-refractivity contribution in [2.24, 2.45) is 5.73 Å². The zero-order valence-corrected chi connectivity index (χ0v) is 16.1. The first-order valence-corrected chi connectivity index (χ1v) is 8.82. The molecule has 7 heteroatoms. The van der Waals surface area contributed by atoms with Crippen LogP contribution in [-0.2, 0) is 11.2 Å². The fraction of sp³-hybridized carbons (Fsp3) is 0.474. The molecule has 1 atom stereocenters. The summed E-state index contributed by atoms with van der Waals surface area (Å²) in [5, 5.41) is 4.55. The molecule has 1 aliphatic rings. The minimum atomic E-state index is -0.279. The highest BCUT2D eigenvalue weighted by molar-refractivity contribution is 5.85. The number of hydrogen-bond donors (Lipinski definition) is 1. The average molecular weight is 381 g/mol. The van der Waals surface area contributed by atoms with Crippen LogP contribution in [0.15, 0.2) is 24.3 Å². The average Bonchev–Trinajstić information content (AvgIpc) is 2.90. The Bertz CT molecular complexity index is 760. The first kappa shape index (κ1) is 20.4. The molecule has 1 aromatic heterocycles. The molecule has 1 unspecified atom stereocenters. The van der Waals surface area contributed by atoms with Gasteiger partial charge in [0.25, 0.3) is 0 Å². The van der Waals surface area contributed by atoms with Crippen LogP contribution >= 0.6 is 12.4 Å². The monoisotopic (exact) mass is 380 g/mol. The molecule has 0 spiro atoms. The maximum atomic E-state index is 13.1. The second-order valence-electron chi connectivity index (χ2n) is 6.69. The van der Waals surface area contributed by atoms with Gasteiger partial charge < -0.3 is 10.6 Å². The highest BCUT2D eigenvalue weighted by atomic mass is 35.5.